The molecule has 0 heterocycles. The number of anilines is 2. The van der Waals surface area contributed by atoms with E-state index >= 15 is 0 Å². The summed E-state index contributed by atoms with van der Waals surface area (Å²) < 4.78 is 0. The monoisotopic (exact) mass is 493 g/mol. The molecule has 0 amide bonds. The van der Waals surface area contributed by atoms with Crippen LogP contribution in [0.25, 0.3) is 22.8 Å². The first-order valence-corrected chi connectivity index (χ1v) is 14.3. The van der Waals surface area contributed by atoms with Crippen LogP contribution in [0.15, 0.2) is 103 Å². The molecule has 1 heteroatoms. The Morgan fingerprint density at radius 3 is 2.39 bits per heavy atom. The normalized spacial score (nSPS) is 18.8. The van der Waals surface area contributed by atoms with Gasteiger partial charge in [-0.1, -0.05) is 105 Å². The van der Waals surface area contributed by atoms with Gasteiger partial charge in [0.2, 0.25) is 0 Å². The molecule has 1 fully saturated rings. The van der Waals surface area contributed by atoms with E-state index in [-0.39, 0.29) is 5.41 Å². The largest absolute Gasteiger partial charge is 0.356 e. The molecule has 188 valence electrons. The third-order valence-corrected chi connectivity index (χ3v) is 9.11. The van der Waals surface area contributed by atoms with Crippen LogP contribution in [0.2, 0.25) is 0 Å². The summed E-state index contributed by atoms with van der Waals surface area (Å²) in [5.41, 5.74) is 11.3. The van der Waals surface area contributed by atoms with Gasteiger partial charge in [0.05, 0.1) is 0 Å². The molecule has 0 aliphatic heterocycles. The minimum absolute atomic E-state index is 0.244. The number of nitrogens with one attached hydrogen (secondary N) is 1. The SMILES string of the molecule is CC1CC=c2ccccc2=C1/C=C\Cc1ccc(Nc2ccc3c(c2)-c2ccccc2C32CCCC2)cc1. The summed E-state index contributed by atoms with van der Waals surface area (Å²) in [4.78, 5) is 0. The molecule has 38 heavy (non-hydrogen) atoms. The fourth-order valence-electron chi connectivity index (χ4n) is 7.16. The molecule has 0 saturated heterocycles. The fourth-order valence-corrected chi connectivity index (χ4v) is 7.16. The molecule has 1 spiro atoms. The van der Waals surface area contributed by atoms with Gasteiger partial charge in [0.15, 0.2) is 0 Å². The second-order valence-electron chi connectivity index (χ2n) is 11.4. The van der Waals surface area contributed by atoms with Crippen molar-refractivity contribution in [3.8, 4) is 11.1 Å². The summed E-state index contributed by atoms with van der Waals surface area (Å²) in [7, 11) is 0. The molecule has 1 unspecified atom stereocenters. The molecule has 1 N–H and O–H groups in total. The summed E-state index contributed by atoms with van der Waals surface area (Å²) >= 11 is 0. The van der Waals surface area contributed by atoms with Crippen molar-refractivity contribution >= 4 is 23.0 Å². The predicted octanol–water partition coefficient (Wildman–Crippen LogP) is 8.04. The zero-order valence-electron chi connectivity index (χ0n) is 22.2. The Balaban J connectivity index is 1.09. The first kappa shape index (κ1) is 23.3. The van der Waals surface area contributed by atoms with Crippen LogP contribution in [-0.2, 0) is 11.8 Å². The van der Waals surface area contributed by atoms with Gasteiger partial charge in [-0.3, -0.25) is 0 Å². The maximum absolute atomic E-state index is 3.67. The molecule has 0 aromatic heterocycles. The van der Waals surface area contributed by atoms with Gasteiger partial charge in [0.1, 0.15) is 0 Å². The van der Waals surface area contributed by atoms with Crippen LogP contribution in [-0.4, -0.2) is 0 Å². The van der Waals surface area contributed by atoms with Gasteiger partial charge >= 0.3 is 0 Å². The number of rotatable bonds is 5. The maximum atomic E-state index is 3.67. The van der Waals surface area contributed by atoms with Gasteiger partial charge in [0, 0.05) is 16.8 Å². The molecule has 4 aromatic rings. The van der Waals surface area contributed by atoms with Crippen LogP contribution >= 0.6 is 0 Å². The molecule has 0 radical (unpaired) electrons. The van der Waals surface area contributed by atoms with Crippen molar-refractivity contribution in [3.05, 3.63) is 130 Å². The molecular formula is C37H35N. The van der Waals surface area contributed by atoms with E-state index in [4.69, 9.17) is 0 Å². The van der Waals surface area contributed by atoms with Crippen molar-refractivity contribution in [2.75, 3.05) is 5.32 Å². The third-order valence-electron chi connectivity index (χ3n) is 9.11. The van der Waals surface area contributed by atoms with E-state index in [1.54, 1.807) is 5.56 Å². The van der Waals surface area contributed by atoms with Crippen molar-refractivity contribution in [1.82, 2.24) is 0 Å². The Morgan fingerprint density at radius 2 is 1.53 bits per heavy atom. The average molecular weight is 494 g/mol. The van der Waals surface area contributed by atoms with Gasteiger partial charge in [-0.15, -0.1) is 0 Å². The summed E-state index contributed by atoms with van der Waals surface area (Å²) in [6.07, 6.45) is 14.3. The topological polar surface area (TPSA) is 12.0 Å². The van der Waals surface area contributed by atoms with E-state index in [0.29, 0.717) is 5.92 Å². The lowest BCUT2D eigenvalue weighted by Gasteiger charge is -2.26. The smallest absolute Gasteiger partial charge is 0.0390 e. The zero-order chi connectivity index (χ0) is 25.5. The van der Waals surface area contributed by atoms with Crippen molar-refractivity contribution in [1.29, 1.82) is 0 Å². The van der Waals surface area contributed by atoms with Crippen molar-refractivity contribution in [2.24, 2.45) is 5.92 Å². The van der Waals surface area contributed by atoms with E-state index in [1.807, 2.05) is 0 Å². The first-order valence-electron chi connectivity index (χ1n) is 14.3. The van der Waals surface area contributed by atoms with Crippen LogP contribution in [0.1, 0.15) is 55.7 Å². The molecule has 0 bridgehead atoms. The lowest BCUT2D eigenvalue weighted by atomic mass is 9.77. The molecule has 3 aliphatic rings. The van der Waals surface area contributed by atoms with Crippen LogP contribution in [0, 0.1) is 5.92 Å². The molecule has 1 saturated carbocycles. The van der Waals surface area contributed by atoms with E-state index < -0.39 is 0 Å². The number of benzene rings is 4. The highest BCUT2D eigenvalue weighted by Crippen LogP contribution is 2.57. The Labute approximate surface area is 226 Å². The lowest BCUT2D eigenvalue weighted by molar-refractivity contribution is 0.550. The number of hydrogen-bond donors (Lipinski definition) is 1. The number of hydrogen-bond acceptors (Lipinski definition) is 1. The van der Waals surface area contributed by atoms with Gasteiger partial charge in [-0.05, 0) is 99.7 Å². The van der Waals surface area contributed by atoms with Crippen LogP contribution in [0.4, 0.5) is 11.4 Å². The summed E-state index contributed by atoms with van der Waals surface area (Å²) in [5.74, 6) is 0.565. The second-order valence-corrected chi connectivity index (χ2v) is 11.4. The highest BCUT2D eigenvalue weighted by atomic mass is 14.9. The second kappa shape index (κ2) is 9.48. The Kier molecular flexibility index (Phi) is 5.81. The van der Waals surface area contributed by atoms with Gasteiger partial charge in [-0.2, -0.15) is 0 Å². The minimum Gasteiger partial charge on any atom is -0.356 e. The lowest BCUT2D eigenvalue weighted by Crippen LogP contribution is -2.31. The van der Waals surface area contributed by atoms with Crippen LogP contribution in [0.3, 0.4) is 0 Å². The number of fused-ring (bicyclic) bond motifs is 6. The number of allylic oxidation sites excluding steroid dienone is 2. The predicted molar refractivity (Wildman–Crippen MR) is 161 cm³/mol. The first-order chi connectivity index (χ1) is 18.7. The van der Waals surface area contributed by atoms with Crippen LogP contribution in [0.5, 0.6) is 0 Å². The van der Waals surface area contributed by atoms with E-state index in [2.05, 4.69) is 121 Å². The highest BCUT2D eigenvalue weighted by Gasteiger charge is 2.44. The van der Waals surface area contributed by atoms with Crippen LogP contribution < -0.4 is 15.8 Å². The molecule has 4 aromatic carbocycles. The van der Waals surface area contributed by atoms with E-state index in [1.165, 1.54) is 69.6 Å². The molecular weight excluding hydrogens is 458 g/mol. The maximum Gasteiger partial charge on any atom is 0.0390 e. The summed E-state index contributed by atoms with van der Waals surface area (Å²) in [6, 6.07) is 33.8. The van der Waals surface area contributed by atoms with E-state index in [0.717, 1.165) is 18.5 Å². The minimum atomic E-state index is 0.244. The van der Waals surface area contributed by atoms with E-state index in [9.17, 15) is 0 Å². The fraction of sp³-hybridized carbons (Fsp3) is 0.243. The average Bonchev–Trinajstić information content (AvgIpc) is 3.55. The van der Waals surface area contributed by atoms with Gasteiger partial charge in [-0.25, -0.2) is 0 Å². The third kappa shape index (κ3) is 3.93. The highest BCUT2D eigenvalue weighted by molar-refractivity contribution is 5.84. The zero-order valence-corrected chi connectivity index (χ0v) is 22.2. The molecule has 7 rings (SSSR count). The molecule has 1 atom stereocenters. The Hall–Kier alpha value is -3.84. The standard InChI is InChI=1S/C37H35N/c1-26-15-18-28-10-2-3-11-32(28)31(26)13-8-9-27-16-19-29(20-17-27)38-30-21-22-36-34(25-30)33-12-4-5-14-35(33)37(36)23-6-7-24-37/h2-5,8,10-14,16-22,25-26,38H,6-7,9,15,23-24H2,1H3/b13-8-. The van der Waals surface area contributed by atoms with Crippen molar-refractivity contribution in [2.45, 2.75) is 50.9 Å². The molecule has 3 aliphatic carbocycles. The van der Waals surface area contributed by atoms with Crippen molar-refractivity contribution < 1.29 is 0 Å². The Bertz CT molecular complexity index is 1650. The van der Waals surface area contributed by atoms with Gasteiger partial charge < -0.3 is 5.32 Å². The summed E-state index contributed by atoms with van der Waals surface area (Å²) in [5, 5.41) is 6.43. The molecule has 1 nitrogen and oxygen atoms in total. The quantitative estimate of drug-likeness (QED) is 0.297. The van der Waals surface area contributed by atoms with Crippen molar-refractivity contribution in [3.63, 3.8) is 0 Å². The summed E-state index contributed by atoms with van der Waals surface area (Å²) in [6.45, 7) is 2.33. The Morgan fingerprint density at radius 1 is 0.789 bits per heavy atom. The van der Waals surface area contributed by atoms with Gasteiger partial charge in [0.25, 0.3) is 0 Å².